The molecule has 20 heavy (non-hydrogen) atoms. The molecule has 106 valence electrons. The minimum Gasteiger partial charge on any atom is -0.493 e. The lowest BCUT2D eigenvalue weighted by Crippen LogP contribution is -1.98. The van der Waals surface area contributed by atoms with Gasteiger partial charge < -0.3 is 14.8 Å². The molecule has 0 atom stereocenters. The van der Waals surface area contributed by atoms with E-state index >= 15 is 0 Å². The number of hydrogen-bond donors (Lipinski definition) is 1. The van der Waals surface area contributed by atoms with Crippen molar-refractivity contribution in [3.8, 4) is 11.5 Å². The fourth-order valence-electron chi connectivity index (χ4n) is 1.53. The molecule has 0 bridgehead atoms. The van der Waals surface area contributed by atoms with E-state index in [0.717, 1.165) is 10.0 Å². The Bertz CT molecular complexity index is 573. The Kier molecular flexibility index (Phi) is 4.94. The highest BCUT2D eigenvalue weighted by atomic mass is 79.9. The molecule has 0 aliphatic carbocycles. The van der Waals surface area contributed by atoms with Crippen molar-refractivity contribution in [2.24, 2.45) is 0 Å². The van der Waals surface area contributed by atoms with Crippen molar-refractivity contribution in [1.82, 2.24) is 20.6 Å². The average molecular weight is 339 g/mol. The van der Waals surface area contributed by atoms with E-state index < -0.39 is 0 Å². The van der Waals surface area contributed by atoms with Gasteiger partial charge in [-0.05, 0) is 33.6 Å². The molecule has 7 nitrogen and oxygen atoms in total. The Hall–Kier alpha value is -2.09. The predicted molar refractivity (Wildman–Crippen MR) is 77.3 cm³/mol. The van der Waals surface area contributed by atoms with E-state index in [1.165, 1.54) is 0 Å². The van der Waals surface area contributed by atoms with Crippen LogP contribution in [0.4, 0.5) is 5.95 Å². The molecular weight excluding hydrogens is 326 g/mol. The summed E-state index contributed by atoms with van der Waals surface area (Å²) in [6.07, 6.45) is 1.67. The minimum atomic E-state index is 0.312. The van der Waals surface area contributed by atoms with Crippen LogP contribution in [-0.2, 0) is 6.54 Å². The average Bonchev–Trinajstić information content (AvgIpc) is 2.96. The Balaban J connectivity index is 2.14. The highest BCUT2D eigenvalue weighted by Gasteiger charge is 2.10. The standard InChI is InChI=1S/C12H13BrN5O2/c1-3-4-20-11-9(13)5-8(6-10(11)19-2)7-14-12-15-17-18-16-12/h3,5-6H,1,4,7H2,2H3,(H-,14,15,16,17,18)/q-1. The van der Waals surface area contributed by atoms with E-state index in [1.54, 1.807) is 13.2 Å². The molecule has 0 radical (unpaired) electrons. The lowest BCUT2D eigenvalue weighted by atomic mass is 10.2. The summed E-state index contributed by atoms with van der Waals surface area (Å²) >= 11 is 3.46. The van der Waals surface area contributed by atoms with E-state index in [1.807, 2.05) is 12.1 Å². The second-order valence-corrected chi connectivity index (χ2v) is 4.59. The van der Waals surface area contributed by atoms with Gasteiger partial charge in [0.05, 0.1) is 17.5 Å². The maximum Gasteiger partial charge on any atom is 0.175 e. The lowest BCUT2D eigenvalue weighted by Gasteiger charge is -2.14. The molecule has 2 rings (SSSR count). The first-order valence-corrected chi connectivity index (χ1v) is 6.55. The summed E-state index contributed by atoms with van der Waals surface area (Å²) < 4.78 is 11.7. The van der Waals surface area contributed by atoms with Crippen LogP contribution in [0.2, 0.25) is 0 Å². The van der Waals surface area contributed by atoms with Crippen LogP contribution in [0, 0.1) is 0 Å². The number of aromatic amines is 1. The monoisotopic (exact) mass is 338 g/mol. The Morgan fingerprint density at radius 2 is 2.35 bits per heavy atom. The second-order valence-electron chi connectivity index (χ2n) is 3.74. The van der Waals surface area contributed by atoms with Gasteiger partial charge in [-0.1, -0.05) is 12.7 Å². The number of halogens is 1. The number of nitrogens with zero attached hydrogens (tertiary/aromatic N) is 4. The van der Waals surface area contributed by atoms with Crippen molar-refractivity contribution in [3.05, 3.63) is 40.1 Å². The number of aromatic nitrogens is 4. The molecule has 0 spiro atoms. The van der Waals surface area contributed by atoms with E-state index in [9.17, 15) is 0 Å². The van der Waals surface area contributed by atoms with Gasteiger partial charge in [0.15, 0.2) is 11.5 Å². The fourth-order valence-corrected chi connectivity index (χ4v) is 2.14. The molecule has 1 aromatic carbocycles. The van der Waals surface area contributed by atoms with Crippen molar-refractivity contribution in [2.45, 2.75) is 6.54 Å². The number of tetrazole rings is 1. The number of hydrogen-bond acceptors (Lipinski definition) is 5. The van der Waals surface area contributed by atoms with Crippen molar-refractivity contribution in [2.75, 3.05) is 13.7 Å². The fraction of sp³-hybridized carbons (Fsp3) is 0.250. The third kappa shape index (κ3) is 3.47. The molecular formula is C12H13BrN5O2-. The van der Waals surface area contributed by atoms with Gasteiger partial charge in [0.1, 0.15) is 6.61 Å². The van der Waals surface area contributed by atoms with Crippen LogP contribution in [0.3, 0.4) is 0 Å². The van der Waals surface area contributed by atoms with Gasteiger partial charge in [0, 0.05) is 6.54 Å². The van der Waals surface area contributed by atoms with E-state index in [-0.39, 0.29) is 0 Å². The van der Waals surface area contributed by atoms with Gasteiger partial charge in [-0.3, -0.25) is 15.4 Å². The molecule has 1 aromatic heterocycles. The normalized spacial score (nSPS) is 10.1. The number of rotatable bonds is 7. The molecule has 0 saturated carbocycles. The summed E-state index contributed by atoms with van der Waals surface area (Å²) in [6.45, 7) is 4.43. The Morgan fingerprint density at radius 1 is 1.50 bits per heavy atom. The number of methoxy groups -OCH3 is 1. The van der Waals surface area contributed by atoms with Gasteiger partial charge in [0.2, 0.25) is 0 Å². The van der Waals surface area contributed by atoms with Gasteiger partial charge in [-0.2, -0.15) is 0 Å². The molecule has 2 aromatic rings. The van der Waals surface area contributed by atoms with Crippen LogP contribution in [-0.4, -0.2) is 34.3 Å². The highest BCUT2D eigenvalue weighted by Crippen LogP contribution is 2.37. The zero-order valence-electron chi connectivity index (χ0n) is 10.8. The quantitative estimate of drug-likeness (QED) is 0.784. The van der Waals surface area contributed by atoms with Crippen LogP contribution in [0.25, 0.3) is 5.32 Å². The van der Waals surface area contributed by atoms with Crippen LogP contribution in [0.15, 0.2) is 29.3 Å². The van der Waals surface area contributed by atoms with Crippen LogP contribution in [0.1, 0.15) is 5.56 Å². The molecule has 0 amide bonds. The van der Waals surface area contributed by atoms with E-state index in [2.05, 4.69) is 48.4 Å². The first-order valence-electron chi connectivity index (χ1n) is 5.75. The molecule has 1 N–H and O–H groups in total. The van der Waals surface area contributed by atoms with Crippen molar-refractivity contribution in [3.63, 3.8) is 0 Å². The van der Waals surface area contributed by atoms with E-state index in [0.29, 0.717) is 30.6 Å². The first-order chi connectivity index (χ1) is 9.74. The summed E-state index contributed by atoms with van der Waals surface area (Å²) in [5, 5.41) is 17.5. The summed E-state index contributed by atoms with van der Waals surface area (Å²) in [7, 11) is 1.59. The molecule has 0 saturated heterocycles. The van der Waals surface area contributed by atoms with E-state index in [4.69, 9.17) is 9.47 Å². The lowest BCUT2D eigenvalue weighted by molar-refractivity contribution is 0.324. The summed E-state index contributed by atoms with van der Waals surface area (Å²) in [4.78, 5) is 0. The number of H-pyrrole nitrogens is 1. The van der Waals surface area contributed by atoms with Gasteiger partial charge in [-0.15, -0.1) is 5.21 Å². The predicted octanol–water partition coefficient (Wildman–Crippen LogP) is 2.74. The zero-order valence-corrected chi connectivity index (χ0v) is 12.4. The molecule has 8 heteroatoms. The molecule has 1 heterocycles. The molecule has 0 unspecified atom stereocenters. The summed E-state index contributed by atoms with van der Waals surface area (Å²) in [6, 6.07) is 3.76. The molecule has 0 aliphatic heterocycles. The largest absolute Gasteiger partial charge is 0.493 e. The summed E-state index contributed by atoms with van der Waals surface area (Å²) in [5.74, 6) is 1.57. The SMILES string of the molecule is C=CCOc1c(Br)cc(C[N-]c2nn[nH]n2)cc1OC. The van der Waals surface area contributed by atoms with Crippen LogP contribution < -0.4 is 9.47 Å². The molecule has 0 fully saturated rings. The Morgan fingerprint density at radius 3 is 3.00 bits per heavy atom. The summed E-state index contributed by atoms with van der Waals surface area (Å²) in [5.41, 5.74) is 0.935. The minimum absolute atomic E-state index is 0.312. The topological polar surface area (TPSA) is 87.0 Å². The number of ether oxygens (including phenoxy) is 2. The van der Waals surface area contributed by atoms with Crippen LogP contribution >= 0.6 is 15.9 Å². The van der Waals surface area contributed by atoms with Gasteiger partial charge in [0.25, 0.3) is 0 Å². The highest BCUT2D eigenvalue weighted by molar-refractivity contribution is 9.10. The van der Waals surface area contributed by atoms with Crippen molar-refractivity contribution >= 4 is 21.9 Å². The maximum absolute atomic E-state index is 5.55. The molecule has 0 aliphatic rings. The van der Waals surface area contributed by atoms with Crippen LogP contribution in [0.5, 0.6) is 11.5 Å². The second kappa shape index (κ2) is 6.90. The third-order valence-electron chi connectivity index (χ3n) is 2.37. The first kappa shape index (κ1) is 14.3. The van der Waals surface area contributed by atoms with Gasteiger partial charge in [-0.25, -0.2) is 0 Å². The van der Waals surface area contributed by atoms with Crippen molar-refractivity contribution < 1.29 is 9.47 Å². The maximum atomic E-state index is 5.55. The van der Waals surface area contributed by atoms with Crippen molar-refractivity contribution in [1.29, 1.82) is 0 Å². The number of nitrogens with one attached hydrogen (secondary N) is 1. The zero-order chi connectivity index (χ0) is 14.4. The number of benzene rings is 1. The smallest absolute Gasteiger partial charge is 0.175 e. The third-order valence-corrected chi connectivity index (χ3v) is 2.96. The van der Waals surface area contributed by atoms with Gasteiger partial charge >= 0.3 is 0 Å². The Labute approximate surface area is 124 Å².